The fourth-order valence-corrected chi connectivity index (χ4v) is 3.99. The van der Waals surface area contributed by atoms with Crippen molar-refractivity contribution >= 4 is 11.8 Å². The molecule has 4 rings (SSSR count). The maximum atomic E-state index is 13.8. The van der Waals surface area contributed by atoms with E-state index in [0.717, 1.165) is 11.1 Å². The lowest BCUT2D eigenvalue weighted by molar-refractivity contribution is -0.126. The van der Waals surface area contributed by atoms with Gasteiger partial charge >= 0.3 is 0 Å². The van der Waals surface area contributed by atoms with Gasteiger partial charge in [-0.1, -0.05) is 66.7 Å². The van der Waals surface area contributed by atoms with Crippen molar-refractivity contribution in [2.24, 2.45) is 0 Å². The second kappa shape index (κ2) is 12.3. The van der Waals surface area contributed by atoms with E-state index in [9.17, 15) is 9.59 Å². The Kier molecular flexibility index (Phi) is 8.44. The molecule has 0 fully saturated rings. The lowest BCUT2D eigenvalue weighted by Crippen LogP contribution is -2.43. The average Bonchev–Trinajstić information content (AvgIpc) is 2.96. The number of nitrogens with one attached hydrogen (secondary N) is 1. The summed E-state index contributed by atoms with van der Waals surface area (Å²) >= 11 is 0. The Morgan fingerprint density at radius 3 is 2.16 bits per heavy atom. The van der Waals surface area contributed by atoms with E-state index in [0.29, 0.717) is 23.6 Å². The second-order valence-corrected chi connectivity index (χ2v) is 8.23. The summed E-state index contributed by atoms with van der Waals surface area (Å²) in [7, 11) is 3.07. The normalized spacial score (nSPS) is 11.3. The van der Waals surface area contributed by atoms with E-state index >= 15 is 0 Å². The van der Waals surface area contributed by atoms with Crippen molar-refractivity contribution < 1.29 is 19.1 Å². The molecule has 1 aromatic heterocycles. The number of hydrogen-bond donors (Lipinski definition) is 1. The number of aromatic nitrogens is 2. The molecule has 8 nitrogen and oxygen atoms in total. The molecule has 1 N–H and O–H groups in total. The first-order valence-corrected chi connectivity index (χ1v) is 11.7. The first kappa shape index (κ1) is 25.4. The zero-order valence-electron chi connectivity index (χ0n) is 20.7. The number of carbonyl (C=O) groups is 2. The van der Waals surface area contributed by atoms with Gasteiger partial charge in [-0.05, 0) is 28.8 Å². The summed E-state index contributed by atoms with van der Waals surface area (Å²) in [6.07, 6.45) is 4.35. The molecule has 0 aliphatic heterocycles. The van der Waals surface area contributed by atoms with E-state index < -0.39 is 11.9 Å². The molecule has 0 saturated heterocycles. The summed E-state index contributed by atoms with van der Waals surface area (Å²) in [5.74, 6) is 0.202. The van der Waals surface area contributed by atoms with Gasteiger partial charge in [-0.2, -0.15) is 0 Å². The zero-order chi connectivity index (χ0) is 26.0. The quantitative estimate of drug-likeness (QED) is 0.354. The molecule has 0 aliphatic carbocycles. The fraction of sp³-hybridized carbons (Fsp3) is 0.172. The highest BCUT2D eigenvalue weighted by molar-refractivity contribution is 5.96. The summed E-state index contributed by atoms with van der Waals surface area (Å²) < 4.78 is 10.9. The summed E-state index contributed by atoms with van der Waals surface area (Å²) in [5, 5.41) is 3.00. The van der Waals surface area contributed by atoms with Crippen LogP contribution < -0.4 is 14.8 Å². The Morgan fingerprint density at radius 1 is 0.865 bits per heavy atom. The van der Waals surface area contributed by atoms with E-state index in [-0.39, 0.29) is 18.1 Å². The van der Waals surface area contributed by atoms with Crippen LogP contribution in [0.4, 0.5) is 0 Å². The first-order valence-electron chi connectivity index (χ1n) is 11.7. The van der Waals surface area contributed by atoms with Gasteiger partial charge < -0.3 is 19.7 Å². The predicted octanol–water partition coefficient (Wildman–Crippen LogP) is 4.19. The largest absolute Gasteiger partial charge is 0.493 e. The number of rotatable bonds is 10. The molecule has 1 heterocycles. The number of hydrogen-bond acceptors (Lipinski definition) is 6. The van der Waals surface area contributed by atoms with Gasteiger partial charge in [-0.15, -0.1) is 0 Å². The van der Waals surface area contributed by atoms with Crippen LogP contribution in [0.5, 0.6) is 11.5 Å². The van der Waals surface area contributed by atoms with Crippen LogP contribution in [0.25, 0.3) is 0 Å². The predicted molar refractivity (Wildman–Crippen MR) is 139 cm³/mol. The van der Waals surface area contributed by atoms with Gasteiger partial charge in [-0.25, -0.2) is 4.98 Å². The van der Waals surface area contributed by atoms with Crippen molar-refractivity contribution in [3.8, 4) is 11.5 Å². The first-order chi connectivity index (χ1) is 18.1. The molecule has 0 spiro atoms. The Bertz CT molecular complexity index is 1320. The summed E-state index contributed by atoms with van der Waals surface area (Å²) in [4.78, 5) is 37.4. The highest BCUT2D eigenvalue weighted by Gasteiger charge is 2.33. The fourth-order valence-electron chi connectivity index (χ4n) is 3.99. The van der Waals surface area contributed by atoms with Crippen LogP contribution in [0.3, 0.4) is 0 Å². The Morgan fingerprint density at radius 2 is 1.54 bits per heavy atom. The molecular formula is C29H28N4O4. The topological polar surface area (TPSA) is 93.7 Å². The molecule has 0 saturated carbocycles. The number of ether oxygens (including phenoxy) is 2. The number of amides is 2. The van der Waals surface area contributed by atoms with Crippen molar-refractivity contribution in [3.05, 3.63) is 120 Å². The second-order valence-electron chi connectivity index (χ2n) is 8.23. The van der Waals surface area contributed by atoms with Crippen molar-refractivity contribution in [1.29, 1.82) is 0 Å². The molecule has 0 aliphatic rings. The molecule has 8 heteroatoms. The van der Waals surface area contributed by atoms with Gasteiger partial charge in [-0.3, -0.25) is 14.6 Å². The Hall–Kier alpha value is -4.72. The minimum Gasteiger partial charge on any atom is -0.493 e. The summed E-state index contributed by atoms with van der Waals surface area (Å²) in [6, 6.07) is 23.3. The minimum absolute atomic E-state index is 0.139. The molecule has 4 aromatic rings. The molecule has 1 atom stereocenters. The third-order valence-electron chi connectivity index (χ3n) is 5.83. The molecule has 188 valence electrons. The number of methoxy groups -OCH3 is 2. The number of benzene rings is 3. The summed E-state index contributed by atoms with van der Waals surface area (Å²) in [6.45, 7) is 0.482. The van der Waals surface area contributed by atoms with E-state index in [2.05, 4.69) is 15.3 Å². The standard InChI is InChI=1S/C29H28N4O4/c1-36-25-14-13-23(17-26(25)37-2)27(28(34)32-18-21-9-5-3-6-10-21)33(20-22-11-7-4-8-12-22)29(35)24-19-30-15-16-31-24/h3-17,19,27H,18,20H2,1-2H3,(H,32,34)/t27-/m0/s1. The smallest absolute Gasteiger partial charge is 0.275 e. The molecule has 0 unspecified atom stereocenters. The van der Waals surface area contributed by atoms with Crippen molar-refractivity contribution in [1.82, 2.24) is 20.2 Å². The number of carbonyl (C=O) groups excluding carboxylic acids is 2. The van der Waals surface area contributed by atoms with Gasteiger partial charge in [0.25, 0.3) is 5.91 Å². The molecule has 3 aromatic carbocycles. The maximum absolute atomic E-state index is 13.8. The van der Waals surface area contributed by atoms with E-state index in [1.165, 1.54) is 30.6 Å². The monoisotopic (exact) mass is 496 g/mol. The van der Waals surface area contributed by atoms with Gasteiger partial charge in [0.2, 0.25) is 5.91 Å². The third kappa shape index (κ3) is 6.29. The molecule has 37 heavy (non-hydrogen) atoms. The molecule has 2 amide bonds. The van der Waals surface area contributed by atoms with Crippen LogP contribution >= 0.6 is 0 Å². The van der Waals surface area contributed by atoms with Crippen LogP contribution in [0.2, 0.25) is 0 Å². The lowest BCUT2D eigenvalue weighted by Gasteiger charge is -2.31. The average molecular weight is 497 g/mol. The van der Waals surface area contributed by atoms with Crippen molar-refractivity contribution in [3.63, 3.8) is 0 Å². The van der Waals surface area contributed by atoms with E-state index in [1.54, 1.807) is 25.3 Å². The zero-order valence-corrected chi connectivity index (χ0v) is 20.7. The van der Waals surface area contributed by atoms with Gasteiger partial charge in [0.05, 0.1) is 20.4 Å². The van der Waals surface area contributed by atoms with Gasteiger partial charge in [0, 0.05) is 25.5 Å². The number of nitrogens with zero attached hydrogens (tertiary/aromatic N) is 3. The van der Waals surface area contributed by atoms with Gasteiger partial charge in [0.1, 0.15) is 11.7 Å². The Labute approximate surface area is 215 Å². The van der Waals surface area contributed by atoms with Gasteiger partial charge in [0.15, 0.2) is 11.5 Å². The van der Waals surface area contributed by atoms with E-state index in [4.69, 9.17) is 9.47 Å². The third-order valence-corrected chi connectivity index (χ3v) is 5.83. The maximum Gasteiger partial charge on any atom is 0.275 e. The van der Waals surface area contributed by atoms with Crippen LogP contribution in [-0.2, 0) is 17.9 Å². The van der Waals surface area contributed by atoms with Crippen LogP contribution in [0, 0.1) is 0 Å². The molecule has 0 radical (unpaired) electrons. The van der Waals surface area contributed by atoms with Crippen molar-refractivity contribution in [2.45, 2.75) is 19.1 Å². The van der Waals surface area contributed by atoms with Crippen molar-refractivity contribution in [2.75, 3.05) is 14.2 Å². The van der Waals surface area contributed by atoms with Crippen LogP contribution in [-0.4, -0.2) is 40.9 Å². The lowest BCUT2D eigenvalue weighted by atomic mass is 10.0. The Balaban J connectivity index is 1.78. The summed E-state index contributed by atoms with van der Waals surface area (Å²) in [5.41, 5.74) is 2.51. The van der Waals surface area contributed by atoms with Crippen LogP contribution in [0.1, 0.15) is 33.2 Å². The van der Waals surface area contributed by atoms with Crippen LogP contribution in [0.15, 0.2) is 97.5 Å². The highest BCUT2D eigenvalue weighted by Crippen LogP contribution is 2.33. The SMILES string of the molecule is COc1ccc([C@@H](C(=O)NCc2ccccc2)N(Cc2ccccc2)C(=O)c2cnccn2)cc1OC. The minimum atomic E-state index is -0.988. The molecular weight excluding hydrogens is 468 g/mol. The van der Waals surface area contributed by atoms with E-state index in [1.807, 2.05) is 60.7 Å². The molecule has 0 bridgehead atoms. The highest BCUT2D eigenvalue weighted by atomic mass is 16.5.